The number of nitrogens with zero attached hydrogens (tertiary/aromatic N) is 3. The first-order valence-electron chi connectivity index (χ1n) is 16.7. The predicted molar refractivity (Wildman–Crippen MR) is 193 cm³/mol. The topological polar surface area (TPSA) is 80.3 Å². The summed E-state index contributed by atoms with van der Waals surface area (Å²) in [6, 6.07) is 28.2. The maximum absolute atomic E-state index is 14.2. The Labute approximate surface area is 273 Å². The van der Waals surface area contributed by atoms with E-state index in [0.717, 1.165) is 87.5 Å². The van der Waals surface area contributed by atoms with E-state index in [1.165, 1.54) is 0 Å². The second kappa shape index (κ2) is 9.26. The Kier molecular flexibility index (Phi) is 5.22. The van der Waals surface area contributed by atoms with Crippen LogP contribution in [0.2, 0.25) is 0 Å². The maximum atomic E-state index is 14.2. The molecule has 3 aromatic heterocycles. The molecule has 0 unspecified atom stereocenters. The van der Waals surface area contributed by atoms with Crippen LogP contribution in [-0.4, -0.2) is 20.3 Å². The number of rotatable bonds is 0. The van der Waals surface area contributed by atoms with E-state index in [9.17, 15) is 9.59 Å². The van der Waals surface area contributed by atoms with Crippen LogP contribution in [-0.2, 0) is 6.61 Å². The molecule has 7 heteroatoms. The smallest absolute Gasteiger partial charge is 0.347 e. The summed E-state index contributed by atoms with van der Waals surface area (Å²) < 4.78 is 9.99. The van der Waals surface area contributed by atoms with Crippen molar-refractivity contribution in [2.24, 2.45) is 0 Å². The SMILES string of the molecule is CC.CC.O=C1c2cc3c4c5c(cc6c(=O)n7c8ccccc8nc7c7ccc(c8ccc(c2c84)-c2[nH]c4ccccc4[n+]21)c5c67)CO3. The molecule has 7 aromatic carbocycles. The largest absolute Gasteiger partial charge is 0.488 e. The number of fused-ring (bicyclic) bond motifs is 9. The zero-order valence-electron chi connectivity index (χ0n) is 26.9. The number of para-hydroxylation sites is 4. The van der Waals surface area contributed by atoms with Crippen molar-refractivity contribution in [3.63, 3.8) is 0 Å². The fourth-order valence-electron chi connectivity index (χ4n) is 8.38. The average Bonchev–Trinajstić information content (AvgIpc) is 3.73. The fourth-order valence-corrected chi connectivity index (χ4v) is 8.38. The van der Waals surface area contributed by atoms with Crippen molar-refractivity contribution in [3.05, 3.63) is 106 Å². The molecule has 0 bridgehead atoms. The zero-order valence-corrected chi connectivity index (χ0v) is 26.9. The third-order valence-electron chi connectivity index (χ3n) is 10.1. The van der Waals surface area contributed by atoms with E-state index in [4.69, 9.17) is 9.72 Å². The van der Waals surface area contributed by atoms with Gasteiger partial charge in [-0.15, -0.1) is 0 Å². The van der Waals surface area contributed by atoms with Crippen molar-refractivity contribution in [2.45, 2.75) is 34.3 Å². The third-order valence-corrected chi connectivity index (χ3v) is 10.1. The van der Waals surface area contributed by atoms with E-state index < -0.39 is 0 Å². The lowest BCUT2D eigenvalue weighted by Gasteiger charge is -2.26. The number of pyridine rings is 1. The standard InChI is InChI=1S/C37H16N4O3.2C2H6/c42-36-21-13-16-15-44-27-14-22-30-20(35-39-24-6-2-4-8-26(24)41(35)37(22)43)12-10-18-17-9-11-19(29(21)31(17)28(16)33(27)32(18)30)34-38-23-5-1-3-7-25(23)40(34)36;2*1-2/h1-14H,15H2;2*1-2H3/p+1. The summed E-state index contributed by atoms with van der Waals surface area (Å²) in [5.74, 6) is 1.42. The molecule has 1 N–H and O–H groups in total. The normalized spacial score (nSPS) is 13.2. The summed E-state index contributed by atoms with van der Waals surface area (Å²) >= 11 is 0. The van der Waals surface area contributed by atoms with Gasteiger partial charge in [0, 0.05) is 37.7 Å². The molecular formula is C41H29N4O3+. The number of aromatic nitrogens is 4. The zero-order chi connectivity index (χ0) is 32.6. The lowest BCUT2D eigenvalue weighted by molar-refractivity contribution is -0.530. The molecule has 2 aliphatic heterocycles. The highest BCUT2D eigenvalue weighted by Gasteiger charge is 2.38. The molecule has 0 fully saturated rings. The molecular weight excluding hydrogens is 596 g/mol. The number of carbonyl (C=O) groups is 1. The number of aromatic amines is 1. The number of carbonyl (C=O) groups excluding carboxylic acids is 1. The van der Waals surface area contributed by atoms with E-state index in [-0.39, 0.29) is 11.5 Å². The Morgan fingerprint density at radius 3 is 2.29 bits per heavy atom. The van der Waals surface area contributed by atoms with Gasteiger partial charge in [0.05, 0.1) is 22.2 Å². The van der Waals surface area contributed by atoms with Crippen LogP contribution in [0, 0.1) is 0 Å². The second-order valence-corrected chi connectivity index (χ2v) is 12.1. The molecule has 0 aliphatic carbocycles. The highest BCUT2D eigenvalue weighted by atomic mass is 16.5. The van der Waals surface area contributed by atoms with Crippen LogP contribution in [0.4, 0.5) is 0 Å². The first-order valence-corrected chi connectivity index (χ1v) is 16.7. The van der Waals surface area contributed by atoms with Crippen molar-refractivity contribution in [1.82, 2.24) is 14.4 Å². The first kappa shape index (κ1) is 27.1. The van der Waals surface area contributed by atoms with Gasteiger partial charge in [0.2, 0.25) is 0 Å². The van der Waals surface area contributed by atoms with Gasteiger partial charge in [0.1, 0.15) is 18.0 Å². The predicted octanol–water partition coefficient (Wildman–Crippen LogP) is 8.87. The van der Waals surface area contributed by atoms with E-state index in [1.54, 1.807) is 8.97 Å². The van der Waals surface area contributed by atoms with Crippen molar-refractivity contribution in [2.75, 3.05) is 0 Å². The van der Waals surface area contributed by atoms with Gasteiger partial charge in [-0.1, -0.05) is 64.1 Å². The monoisotopic (exact) mass is 625 g/mol. The molecule has 12 rings (SSSR count). The number of nitrogens with one attached hydrogen (secondary N) is 1. The molecule has 5 heterocycles. The first-order chi connectivity index (χ1) is 23.7. The molecule has 0 atom stereocenters. The molecule has 2 aliphatic rings. The van der Waals surface area contributed by atoms with Gasteiger partial charge in [-0.25, -0.2) is 14.8 Å². The summed E-state index contributed by atoms with van der Waals surface area (Å²) in [4.78, 5) is 36.9. The van der Waals surface area contributed by atoms with Crippen LogP contribution in [0.3, 0.4) is 0 Å². The van der Waals surface area contributed by atoms with Gasteiger partial charge in [-0.2, -0.15) is 4.57 Å². The molecule has 0 radical (unpaired) electrons. The van der Waals surface area contributed by atoms with Crippen molar-refractivity contribution in [1.29, 1.82) is 0 Å². The fraction of sp³-hybridized carbons (Fsp3) is 0.122. The highest BCUT2D eigenvalue weighted by Crippen LogP contribution is 2.52. The quantitative estimate of drug-likeness (QED) is 0.104. The Bertz CT molecular complexity index is 3100. The summed E-state index contributed by atoms with van der Waals surface area (Å²) in [6.07, 6.45) is 0. The number of hydrogen-bond donors (Lipinski definition) is 1. The van der Waals surface area contributed by atoms with Crippen molar-refractivity contribution < 1.29 is 14.1 Å². The maximum Gasteiger partial charge on any atom is 0.347 e. The molecule has 230 valence electrons. The van der Waals surface area contributed by atoms with E-state index >= 15 is 0 Å². The molecule has 0 amide bonds. The highest BCUT2D eigenvalue weighted by molar-refractivity contribution is 6.41. The van der Waals surface area contributed by atoms with Crippen LogP contribution in [0.5, 0.6) is 5.75 Å². The molecule has 0 spiro atoms. The van der Waals surface area contributed by atoms with E-state index in [2.05, 4.69) is 29.2 Å². The Morgan fingerprint density at radius 2 is 1.44 bits per heavy atom. The van der Waals surface area contributed by atoms with Crippen LogP contribution < -0.4 is 14.9 Å². The number of H-pyrrole nitrogens is 1. The second-order valence-electron chi connectivity index (χ2n) is 12.1. The van der Waals surface area contributed by atoms with E-state index in [0.29, 0.717) is 29.0 Å². The van der Waals surface area contributed by atoms with Crippen LogP contribution in [0.15, 0.2) is 89.7 Å². The number of hydrogen-bond acceptors (Lipinski definition) is 4. The minimum absolute atomic E-state index is 0.0696. The Morgan fingerprint density at radius 1 is 0.708 bits per heavy atom. The average molecular weight is 626 g/mol. The van der Waals surface area contributed by atoms with Crippen LogP contribution in [0.25, 0.3) is 93.0 Å². The van der Waals surface area contributed by atoms with Gasteiger partial charge in [-0.3, -0.25) is 9.20 Å². The molecule has 10 aromatic rings. The number of ether oxygens (including phenoxy) is 1. The lowest BCUT2D eigenvalue weighted by atomic mass is 9.81. The summed E-state index contributed by atoms with van der Waals surface area (Å²) in [6.45, 7) is 8.32. The molecule has 48 heavy (non-hydrogen) atoms. The molecule has 0 saturated heterocycles. The third kappa shape index (κ3) is 2.96. The molecule has 0 saturated carbocycles. The van der Waals surface area contributed by atoms with Gasteiger partial charge >= 0.3 is 5.91 Å². The minimum atomic E-state index is -0.0723. The number of benzene rings is 7. The van der Waals surface area contributed by atoms with Gasteiger partial charge in [0.15, 0.2) is 11.0 Å². The molecule has 7 nitrogen and oxygen atoms in total. The summed E-state index contributed by atoms with van der Waals surface area (Å²) in [7, 11) is 0. The Balaban J connectivity index is 0.000000715. The van der Waals surface area contributed by atoms with Gasteiger partial charge in [-0.05, 0) is 70.3 Å². The van der Waals surface area contributed by atoms with Crippen LogP contribution in [0.1, 0.15) is 43.6 Å². The van der Waals surface area contributed by atoms with Gasteiger partial charge in [0.25, 0.3) is 11.4 Å². The van der Waals surface area contributed by atoms with Gasteiger partial charge < -0.3 is 4.74 Å². The Hall–Kier alpha value is -6.08. The van der Waals surface area contributed by atoms with E-state index in [1.807, 2.05) is 88.4 Å². The summed E-state index contributed by atoms with van der Waals surface area (Å²) in [5, 5.41) is 9.78. The van der Waals surface area contributed by atoms with Crippen molar-refractivity contribution >= 4 is 87.5 Å². The van der Waals surface area contributed by atoms with Crippen molar-refractivity contribution in [3.8, 4) is 17.1 Å². The van der Waals surface area contributed by atoms with Crippen LogP contribution >= 0.6 is 0 Å². The minimum Gasteiger partial charge on any atom is -0.488 e. The summed E-state index contributed by atoms with van der Waals surface area (Å²) in [5.41, 5.74) is 6.58. The lowest BCUT2D eigenvalue weighted by Crippen LogP contribution is -2.46. The number of imidazole rings is 2.